The van der Waals surface area contributed by atoms with Gasteiger partial charge in [0.25, 0.3) is 0 Å². The Morgan fingerprint density at radius 2 is 1.74 bits per heavy atom. The highest BCUT2D eigenvalue weighted by atomic mass is 32.1. The van der Waals surface area contributed by atoms with Gasteiger partial charge in [-0.3, -0.25) is 19.2 Å². The molecule has 2 rings (SSSR count). The Bertz CT molecular complexity index is 1090. The lowest BCUT2D eigenvalue weighted by atomic mass is 9.91. The maximum absolute atomic E-state index is 12.5. The SMILES string of the molecule is COC(=O)C1=C[C@H](NC(=S)NCc2cccs2)[C@@H](NC(C)=O)[C@H]([C@H](OC(C)=O)[C@@H](COC(C)=O)OC(C)=O)O1. The van der Waals surface area contributed by atoms with Crippen LogP contribution in [0.25, 0.3) is 0 Å². The number of carbonyl (C=O) groups is 5. The lowest BCUT2D eigenvalue weighted by molar-refractivity contribution is -0.188. The minimum absolute atomic E-state index is 0.186. The minimum Gasteiger partial charge on any atom is -0.477 e. The molecule has 214 valence electrons. The summed E-state index contributed by atoms with van der Waals surface area (Å²) in [5.41, 5.74) is 0. The van der Waals surface area contributed by atoms with Gasteiger partial charge in [-0.05, 0) is 29.7 Å². The van der Waals surface area contributed by atoms with Crippen LogP contribution in [0.3, 0.4) is 0 Å². The summed E-state index contributed by atoms with van der Waals surface area (Å²) in [6, 6.07) is 1.89. The second-order valence-electron chi connectivity index (χ2n) is 8.29. The Labute approximate surface area is 234 Å². The molecule has 1 aliphatic rings. The lowest BCUT2D eigenvalue weighted by Crippen LogP contribution is -2.65. The monoisotopic (exact) mass is 585 g/mol. The third-order valence-electron chi connectivity index (χ3n) is 5.15. The van der Waals surface area contributed by atoms with Crippen molar-refractivity contribution in [1.29, 1.82) is 0 Å². The molecule has 1 aliphatic heterocycles. The minimum atomic E-state index is -1.45. The highest BCUT2D eigenvalue weighted by Gasteiger charge is 2.48. The Balaban J connectivity index is 2.49. The van der Waals surface area contributed by atoms with Crippen molar-refractivity contribution in [2.75, 3.05) is 13.7 Å². The van der Waals surface area contributed by atoms with Crippen molar-refractivity contribution >= 4 is 58.5 Å². The van der Waals surface area contributed by atoms with E-state index < -0.39 is 66.8 Å². The van der Waals surface area contributed by atoms with Crippen LogP contribution < -0.4 is 16.0 Å². The van der Waals surface area contributed by atoms with Crippen molar-refractivity contribution in [3.63, 3.8) is 0 Å². The van der Waals surface area contributed by atoms with E-state index in [2.05, 4.69) is 16.0 Å². The fourth-order valence-electron chi connectivity index (χ4n) is 3.69. The zero-order valence-corrected chi connectivity index (χ0v) is 23.6. The summed E-state index contributed by atoms with van der Waals surface area (Å²) in [6.45, 7) is 4.53. The largest absolute Gasteiger partial charge is 0.477 e. The second kappa shape index (κ2) is 15.0. The fourth-order valence-corrected chi connectivity index (χ4v) is 4.55. The molecule has 39 heavy (non-hydrogen) atoms. The molecular weight excluding hydrogens is 554 g/mol. The molecule has 0 spiro atoms. The Morgan fingerprint density at radius 1 is 1.05 bits per heavy atom. The first-order valence-electron chi connectivity index (χ1n) is 11.7. The molecule has 5 atom stereocenters. The van der Waals surface area contributed by atoms with Crippen molar-refractivity contribution in [1.82, 2.24) is 16.0 Å². The van der Waals surface area contributed by atoms with E-state index in [0.717, 1.165) is 32.8 Å². The average molecular weight is 586 g/mol. The summed E-state index contributed by atoms with van der Waals surface area (Å²) in [6.07, 6.45) is -2.79. The zero-order chi connectivity index (χ0) is 29.1. The number of thiophene rings is 1. The molecule has 13 nitrogen and oxygen atoms in total. The number of esters is 4. The summed E-state index contributed by atoms with van der Waals surface area (Å²) >= 11 is 6.96. The molecule has 0 aromatic carbocycles. The maximum Gasteiger partial charge on any atom is 0.373 e. The first kappa shape index (κ1) is 31.5. The number of hydrogen-bond acceptors (Lipinski definition) is 12. The average Bonchev–Trinajstić information content (AvgIpc) is 3.37. The third kappa shape index (κ3) is 10.2. The van der Waals surface area contributed by atoms with Crippen LogP contribution in [0.15, 0.2) is 29.3 Å². The van der Waals surface area contributed by atoms with E-state index in [1.165, 1.54) is 24.3 Å². The Hall–Kier alpha value is -3.72. The van der Waals surface area contributed by atoms with Crippen LogP contribution in [0.5, 0.6) is 0 Å². The van der Waals surface area contributed by atoms with Crippen molar-refractivity contribution < 1.29 is 47.7 Å². The molecule has 0 radical (unpaired) electrons. The van der Waals surface area contributed by atoms with Crippen molar-refractivity contribution in [3.05, 3.63) is 34.2 Å². The zero-order valence-electron chi connectivity index (χ0n) is 22.0. The number of ether oxygens (including phenoxy) is 5. The number of rotatable bonds is 11. The summed E-state index contributed by atoms with van der Waals surface area (Å²) in [7, 11) is 1.14. The highest BCUT2D eigenvalue weighted by molar-refractivity contribution is 7.80. The van der Waals surface area contributed by atoms with Crippen LogP contribution >= 0.6 is 23.6 Å². The van der Waals surface area contributed by atoms with E-state index in [4.69, 9.17) is 35.9 Å². The molecule has 0 aliphatic carbocycles. The van der Waals surface area contributed by atoms with Crippen LogP contribution in [-0.4, -0.2) is 79.0 Å². The smallest absolute Gasteiger partial charge is 0.373 e. The van der Waals surface area contributed by atoms with Crippen LogP contribution in [0.2, 0.25) is 0 Å². The molecule has 0 bridgehead atoms. The molecule has 15 heteroatoms. The number of hydrogen-bond donors (Lipinski definition) is 3. The van der Waals surface area contributed by atoms with E-state index in [1.54, 1.807) is 0 Å². The van der Waals surface area contributed by atoms with Crippen LogP contribution in [0.4, 0.5) is 0 Å². The van der Waals surface area contributed by atoms with Crippen LogP contribution in [0, 0.1) is 0 Å². The summed E-state index contributed by atoms with van der Waals surface area (Å²) in [5.74, 6) is -3.89. The third-order valence-corrected chi connectivity index (χ3v) is 6.29. The number of methoxy groups -OCH3 is 1. The molecule has 1 aromatic heterocycles. The van der Waals surface area contributed by atoms with Crippen LogP contribution in [-0.2, 0) is 54.2 Å². The molecule has 1 amide bonds. The number of thiocarbonyl (C=S) groups is 1. The van der Waals surface area contributed by atoms with Crippen molar-refractivity contribution in [2.24, 2.45) is 0 Å². The molecule has 0 unspecified atom stereocenters. The second-order valence-corrected chi connectivity index (χ2v) is 9.73. The molecule has 0 saturated heterocycles. The van der Waals surface area contributed by atoms with E-state index in [0.29, 0.717) is 6.54 Å². The normalized spacial score (nSPS) is 19.6. The van der Waals surface area contributed by atoms with Crippen molar-refractivity contribution in [3.8, 4) is 0 Å². The quantitative estimate of drug-likeness (QED) is 0.186. The Morgan fingerprint density at radius 3 is 2.28 bits per heavy atom. The van der Waals surface area contributed by atoms with Gasteiger partial charge in [-0.2, -0.15) is 0 Å². The lowest BCUT2D eigenvalue weighted by Gasteiger charge is -2.42. The number of nitrogens with one attached hydrogen (secondary N) is 3. The van der Waals surface area contributed by atoms with Gasteiger partial charge in [0.05, 0.1) is 25.7 Å². The van der Waals surface area contributed by atoms with Gasteiger partial charge in [-0.15, -0.1) is 11.3 Å². The van der Waals surface area contributed by atoms with E-state index >= 15 is 0 Å². The molecule has 0 fully saturated rings. The van der Waals surface area contributed by atoms with Gasteiger partial charge >= 0.3 is 23.9 Å². The van der Waals surface area contributed by atoms with Crippen molar-refractivity contribution in [2.45, 2.75) is 64.6 Å². The topological polar surface area (TPSA) is 168 Å². The standard InChI is InChI=1S/C24H31N3O10S2/c1-12(28)26-20-17(27-24(38)25-10-16-7-6-8-39-16)9-18(23(32)33-5)37-22(20)21(36-15(4)31)19(35-14(3)30)11-34-13(2)29/h6-9,17,19-22H,10-11H2,1-5H3,(H,26,28)(H2,25,27,38)/t17-,19+,20+,21+,22+/m0/s1. The first-order chi connectivity index (χ1) is 18.4. The first-order valence-corrected chi connectivity index (χ1v) is 13.0. The van der Waals surface area contributed by atoms with Crippen LogP contribution in [0.1, 0.15) is 32.6 Å². The van der Waals surface area contributed by atoms with Gasteiger partial charge in [0.1, 0.15) is 6.61 Å². The molecule has 0 saturated carbocycles. The summed E-state index contributed by atoms with van der Waals surface area (Å²) in [4.78, 5) is 61.3. The molecule has 1 aromatic rings. The molecular formula is C24H31N3O10S2. The summed E-state index contributed by atoms with van der Waals surface area (Å²) < 4.78 is 26.5. The van der Waals surface area contributed by atoms with E-state index in [9.17, 15) is 24.0 Å². The van der Waals surface area contributed by atoms with Gasteiger partial charge in [0.2, 0.25) is 11.7 Å². The van der Waals surface area contributed by atoms with E-state index in [1.807, 2.05) is 17.5 Å². The summed E-state index contributed by atoms with van der Waals surface area (Å²) in [5, 5.41) is 10.9. The highest BCUT2D eigenvalue weighted by Crippen LogP contribution is 2.27. The number of amides is 1. The number of carbonyl (C=O) groups excluding carboxylic acids is 5. The van der Waals surface area contributed by atoms with Gasteiger partial charge in [0.15, 0.2) is 23.4 Å². The maximum atomic E-state index is 12.5. The molecule has 2 heterocycles. The van der Waals surface area contributed by atoms with E-state index in [-0.39, 0.29) is 10.9 Å². The fraction of sp³-hybridized carbons (Fsp3) is 0.500. The van der Waals surface area contributed by atoms with Gasteiger partial charge < -0.3 is 39.6 Å². The Kier molecular flexibility index (Phi) is 12.1. The van der Waals surface area contributed by atoms with Gasteiger partial charge in [0, 0.05) is 32.6 Å². The van der Waals surface area contributed by atoms with Gasteiger partial charge in [-0.1, -0.05) is 6.07 Å². The van der Waals surface area contributed by atoms with Gasteiger partial charge in [-0.25, -0.2) is 4.79 Å². The predicted molar refractivity (Wildman–Crippen MR) is 141 cm³/mol. The predicted octanol–water partition coefficient (Wildman–Crippen LogP) is 0.468. The molecule has 3 N–H and O–H groups in total.